The van der Waals surface area contributed by atoms with Gasteiger partial charge in [-0.2, -0.15) is 13.2 Å². The van der Waals surface area contributed by atoms with Crippen LogP contribution in [0.25, 0.3) is 0 Å². The Hall–Kier alpha value is -3.03. The zero-order valence-electron chi connectivity index (χ0n) is 13.1. The Balaban J connectivity index is 1.91. The molecule has 0 aliphatic rings. The molecule has 2 rings (SSSR count). The molecular weight excluding hydrogens is 339 g/mol. The minimum atomic E-state index is -4.46. The molecule has 2 aromatic carbocycles. The molecule has 0 saturated carbocycles. The van der Waals surface area contributed by atoms with E-state index in [1.165, 1.54) is 12.1 Å². The van der Waals surface area contributed by atoms with Crippen LogP contribution in [-0.4, -0.2) is 23.6 Å². The van der Waals surface area contributed by atoms with Crippen LogP contribution >= 0.6 is 0 Å². The molecule has 5 nitrogen and oxygen atoms in total. The zero-order chi connectivity index (χ0) is 18.6. The van der Waals surface area contributed by atoms with E-state index >= 15 is 0 Å². The Morgan fingerprint density at radius 3 is 2.32 bits per heavy atom. The van der Waals surface area contributed by atoms with Gasteiger partial charge in [-0.3, -0.25) is 4.79 Å². The van der Waals surface area contributed by atoms with Crippen LogP contribution in [0, 0.1) is 6.92 Å². The summed E-state index contributed by atoms with van der Waals surface area (Å²) in [5.74, 6) is -1.88. The summed E-state index contributed by atoms with van der Waals surface area (Å²) in [6.07, 6.45) is -4.46. The van der Waals surface area contributed by atoms with Gasteiger partial charge in [-0.15, -0.1) is 0 Å². The number of anilines is 1. The molecule has 0 saturated heterocycles. The largest absolute Gasteiger partial charge is 0.507 e. The molecule has 0 spiro atoms. The monoisotopic (exact) mass is 353 g/mol. The summed E-state index contributed by atoms with van der Waals surface area (Å²) in [7, 11) is 0. The number of halogens is 3. The van der Waals surface area contributed by atoms with E-state index in [9.17, 15) is 27.9 Å². The standard InChI is InChI=1S/C17H14F3NO4/c1-10-2-7-13(14(22)8-10)16(24)25-9-15(23)21-12-5-3-11(4-6-12)17(18,19)20/h2-8,22H,9H2,1H3,(H,21,23). The van der Waals surface area contributed by atoms with Crippen molar-refractivity contribution in [2.75, 3.05) is 11.9 Å². The summed E-state index contributed by atoms with van der Waals surface area (Å²) in [6.45, 7) is 1.08. The fraction of sp³-hybridized carbons (Fsp3) is 0.176. The van der Waals surface area contributed by atoms with E-state index in [2.05, 4.69) is 5.32 Å². The van der Waals surface area contributed by atoms with E-state index in [-0.39, 0.29) is 17.0 Å². The molecule has 2 aromatic rings. The minimum Gasteiger partial charge on any atom is -0.507 e. The Morgan fingerprint density at radius 1 is 1.12 bits per heavy atom. The van der Waals surface area contributed by atoms with Crippen LogP contribution in [0.5, 0.6) is 5.75 Å². The van der Waals surface area contributed by atoms with Crippen molar-refractivity contribution in [2.24, 2.45) is 0 Å². The molecular formula is C17H14F3NO4. The quantitative estimate of drug-likeness (QED) is 0.825. The third-order valence-corrected chi connectivity index (χ3v) is 3.20. The molecule has 0 aliphatic carbocycles. The SMILES string of the molecule is Cc1ccc(C(=O)OCC(=O)Nc2ccc(C(F)(F)F)cc2)c(O)c1. The highest BCUT2D eigenvalue weighted by Crippen LogP contribution is 2.29. The maximum atomic E-state index is 12.4. The average molecular weight is 353 g/mol. The summed E-state index contributed by atoms with van der Waals surface area (Å²) in [6, 6.07) is 8.17. The van der Waals surface area contributed by atoms with Crippen molar-refractivity contribution < 1.29 is 32.6 Å². The Kier molecular flexibility index (Phi) is 5.31. The van der Waals surface area contributed by atoms with Gasteiger partial charge >= 0.3 is 12.1 Å². The first-order valence-electron chi connectivity index (χ1n) is 7.10. The highest BCUT2D eigenvalue weighted by Gasteiger charge is 2.30. The van der Waals surface area contributed by atoms with Gasteiger partial charge in [0.25, 0.3) is 5.91 Å². The molecule has 1 amide bonds. The van der Waals surface area contributed by atoms with Gasteiger partial charge in [0, 0.05) is 5.69 Å². The first-order valence-corrected chi connectivity index (χ1v) is 7.10. The van der Waals surface area contributed by atoms with Crippen LogP contribution in [0.15, 0.2) is 42.5 Å². The predicted octanol–water partition coefficient (Wildman–Crippen LogP) is 3.51. The number of amides is 1. The van der Waals surface area contributed by atoms with Gasteiger partial charge in [0.15, 0.2) is 6.61 Å². The third kappa shape index (κ3) is 4.97. The van der Waals surface area contributed by atoms with Crippen LogP contribution in [0.2, 0.25) is 0 Å². The lowest BCUT2D eigenvalue weighted by Gasteiger charge is -2.09. The van der Waals surface area contributed by atoms with Gasteiger partial charge < -0.3 is 15.2 Å². The molecule has 0 heterocycles. The third-order valence-electron chi connectivity index (χ3n) is 3.20. The lowest BCUT2D eigenvalue weighted by atomic mass is 10.1. The van der Waals surface area contributed by atoms with Crippen LogP contribution in [0.3, 0.4) is 0 Å². The number of aromatic hydroxyl groups is 1. The number of rotatable bonds is 4. The summed E-state index contributed by atoms with van der Waals surface area (Å²) >= 11 is 0. The Morgan fingerprint density at radius 2 is 1.76 bits per heavy atom. The molecule has 2 N–H and O–H groups in total. The number of phenols is 1. The summed E-state index contributed by atoms with van der Waals surface area (Å²) in [5.41, 5.74) is -0.0546. The van der Waals surface area contributed by atoms with Crippen LogP contribution in [-0.2, 0) is 15.7 Å². The summed E-state index contributed by atoms with van der Waals surface area (Å²) in [4.78, 5) is 23.5. The summed E-state index contributed by atoms with van der Waals surface area (Å²) < 4.78 is 42.1. The van der Waals surface area contributed by atoms with E-state index in [1.807, 2.05) is 0 Å². The first kappa shape index (κ1) is 18.3. The molecule has 132 valence electrons. The maximum Gasteiger partial charge on any atom is 0.416 e. The number of benzene rings is 2. The molecule has 0 unspecified atom stereocenters. The average Bonchev–Trinajstić information content (AvgIpc) is 2.52. The molecule has 0 aromatic heterocycles. The molecule has 8 heteroatoms. The number of ether oxygens (including phenoxy) is 1. The van der Waals surface area contributed by atoms with Crippen molar-refractivity contribution in [3.63, 3.8) is 0 Å². The number of nitrogens with one attached hydrogen (secondary N) is 1. The Labute approximate surface area is 141 Å². The number of alkyl halides is 3. The normalized spacial score (nSPS) is 11.0. The molecule has 0 bridgehead atoms. The number of hydrogen-bond donors (Lipinski definition) is 2. The number of esters is 1. The molecule has 0 fully saturated rings. The second-order valence-corrected chi connectivity index (χ2v) is 5.22. The molecule has 0 aliphatic heterocycles. The number of carbonyl (C=O) groups excluding carboxylic acids is 2. The van der Waals surface area contributed by atoms with Gasteiger partial charge in [0.1, 0.15) is 11.3 Å². The van der Waals surface area contributed by atoms with Crippen molar-refractivity contribution >= 4 is 17.6 Å². The van der Waals surface area contributed by atoms with Crippen molar-refractivity contribution in [1.29, 1.82) is 0 Å². The topological polar surface area (TPSA) is 75.6 Å². The highest BCUT2D eigenvalue weighted by atomic mass is 19.4. The van der Waals surface area contributed by atoms with E-state index < -0.39 is 30.2 Å². The minimum absolute atomic E-state index is 0.0899. The van der Waals surface area contributed by atoms with Crippen LogP contribution in [0.1, 0.15) is 21.5 Å². The summed E-state index contributed by atoms with van der Waals surface area (Å²) in [5, 5.41) is 12.0. The number of hydrogen-bond acceptors (Lipinski definition) is 4. The van der Waals surface area contributed by atoms with Gasteiger partial charge in [0.05, 0.1) is 5.56 Å². The van der Waals surface area contributed by atoms with Gasteiger partial charge in [-0.05, 0) is 48.9 Å². The Bertz CT molecular complexity index is 785. The lowest BCUT2D eigenvalue weighted by molar-refractivity contribution is -0.137. The highest BCUT2D eigenvalue weighted by molar-refractivity contribution is 5.96. The number of phenolic OH excluding ortho intramolecular Hbond substituents is 1. The number of aryl methyl sites for hydroxylation is 1. The van der Waals surface area contributed by atoms with Crippen molar-refractivity contribution in [3.05, 3.63) is 59.2 Å². The fourth-order valence-electron chi connectivity index (χ4n) is 1.96. The lowest BCUT2D eigenvalue weighted by Crippen LogP contribution is -2.21. The fourth-order valence-corrected chi connectivity index (χ4v) is 1.96. The van der Waals surface area contributed by atoms with Gasteiger partial charge in [0.2, 0.25) is 0 Å². The van der Waals surface area contributed by atoms with E-state index in [0.29, 0.717) is 0 Å². The van der Waals surface area contributed by atoms with Gasteiger partial charge in [-0.1, -0.05) is 6.07 Å². The zero-order valence-corrected chi connectivity index (χ0v) is 13.1. The van der Waals surface area contributed by atoms with E-state index in [0.717, 1.165) is 29.8 Å². The molecule has 0 radical (unpaired) electrons. The predicted molar refractivity (Wildman–Crippen MR) is 83.2 cm³/mol. The van der Waals surface area contributed by atoms with Crippen molar-refractivity contribution in [1.82, 2.24) is 0 Å². The second-order valence-electron chi connectivity index (χ2n) is 5.22. The maximum absolute atomic E-state index is 12.4. The number of carbonyl (C=O) groups is 2. The van der Waals surface area contributed by atoms with Crippen molar-refractivity contribution in [3.8, 4) is 5.75 Å². The van der Waals surface area contributed by atoms with Crippen LogP contribution in [0.4, 0.5) is 18.9 Å². The molecule has 0 atom stereocenters. The molecule has 25 heavy (non-hydrogen) atoms. The van der Waals surface area contributed by atoms with Gasteiger partial charge in [-0.25, -0.2) is 4.79 Å². The van der Waals surface area contributed by atoms with E-state index in [1.54, 1.807) is 13.0 Å². The second kappa shape index (κ2) is 7.25. The van der Waals surface area contributed by atoms with Crippen LogP contribution < -0.4 is 5.32 Å². The smallest absolute Gasteiger partial charge is 0.416 e. The van der Waals surface area contributed by atoms with E-state index in [4.69, 9.17) is 4.74 Å². The first-order chi connectivity index (χ1) is 11.7. The van der Waals surface area contributed by atoms with Crippen molar-refractivity contribution in [2.45, 2.75) is 13.1 Å².